The standard InChI is InChI=1S/C23H31NO4/c1-12-16-10-17-13(2)19(17)20(18(12)16)21(14(3)22(25)27-4)24-23(26)28-11-15-8-6-5-7-9-15/h5-9,12-14,16-21H,10-11H2,1-4H3,(H,24,26)/t12?,13?,14-,16?,17?,18?,19?,20?,21-/m1/s1. The van der Waals surface area contributed by atoms with Gasteiger partial charge in [0.15, 0.2) is 0 Å². The van der Waals surface area contributed by atoms with Crippen molar-refractivity contribution in [3.8, 4) is 0 Å². The molecule has 3 aliphatic rings. The molecule has 0 bridgehead atoms. The second-order valence-corrected chi connectivity index (χ2v) is 9.06. The molecule has 1 amide bonds. The molecule has 1 aromatic rings. The van der Waals surface area contributed by atoms with E-state index in [-0.39, 0.29) is 24.5 Å². The third kappa shape index (κ3) is 3.40. The fourth-order valence-corrected chi connectivity index (χ4v) is 6.01. The zero-order valence-electron chi connectivity index (χ0n) is 17.1. The van der Waals surface area contributed by atoms with E-state index in [4.69, 9.17) is 9.47 Å². The molecule has 0 aromatic heterocycles. The first-order valence-electron chi connectivity index (χ1n) is 10.5. The van der Waals surface area contributed by atoms with E-state index in [1.54, 1.807) is 0 Å². The van der Waals surface area contributed by atoms with Crippen LogP contribution < -0.4 is 5.32 Å². The molecule has 6 unspecified atom stereocenters. The van der Waals surface area contributed by atoms with Crippen molar-refractivity contribution in [2.45, 2.75) is 39.8 Å². The Morgan fingerprint density at radius 3 is 2.29 bits per heavy atom. The SMILES string of the molecule is COC(=O)[C@H](C)[C@@H](NC(=O)OCc1ccccc1)C1C2C(C)C2CC2C(C)C21. The third-order valence-corrected chi connectivity index (χ3v) is 7.73. The molecule has 3 saturated carbocycles. The first kappa shape index (κ1) is 19.3. The Labute approximate surface area is 167 Å². The first-order valence-corrected chi connectivity index (χ1v) is 10.5. The molecular formula is C23H31NO4. The Bertz CT molecular complexity index is 715. The molecule has 0 spiro atoms. The average Bonchev–Trinajstić information content (AvgIpc) is 3.58. The molecule has 3 fully saturated rings. The molecule has 1 N–H and O–H groups in total. The highest BCUT2D eigenvalue weighted by Gasteiger charge is 2.68. The van der Waals surface area contributed by atoms with Gasteiger partial charge in [-0.25, -0.2) is 4.79 Å². The number of rotatable bonds is 6. The van der Waals surface area contributed by atoms with Gasteiger partial charge in [0.1, 0.15) is 6.61 Å². The summed E-state index contributed by atoms with van der Waals surface area (Å²) in [6.07, 6.45) is 0.858. The van der Waals surface area contributed by atoms with Crippen molar-refractivity contribution < 1.29 is 19.1 Å². The summed E-state index contributed by atoms with van der Waals surface area (Å²) in [4.78, 5) is 24.9. The van der Waals surface area contributed by atoms with E-state index in [1.807, 2.05) is 37.3 Å². The maximum Gasteiger partial charge on any atom is 0.407 e. The lowest BCUT2D eigenvalue weighted by molar-refractivity contribution is -0.146. The van der Waals surface area contributed by atoms with E-state index in [9.17, 15) is 9.59 Å². The molecule has 5 heteroatoms. The third-order valence-electron chi connectivity index (χ3n) is 7.73. The topological polar surface area (TPSA) is 64.6 Å². The van der Waals surface area contributed by atoms with Crippen molar-refractivity contribution in [2.75, 3.05) is 7.11 Å². The van der Waals surface area contributed by atoms with Crippen LogP contribution in [0.3, 0.4) is 0 Å². The van der Waals surface area contributed by atoms with Gasteiger partial charge in [-0.3, -0.25) is 4.79 Å². The Morgan fingerprint density at radius 1 is 1.11 bits per heavy atom. The van der Waals surface area contributed by atoms with Gasteiger partial charge in [0.25, 0.3) is 0 Å². The Hall–Kier alpha value is -2.04. The average molecular weight is 386 g/mol. The molecule has 3 aliphatic carbocycles. The molecular weight excluding hydrogens is 354 g/mol. The van der Waals surface area contributed by atoms with Crippen LogP contribution in [0.4, 0.5) is 4.79 Å². The number of esters is 1. The van der Waals surface area contributed by atoms with Crippen LogP contribution in [0, 0.1) is 47.3 Å². The van der Waals surface area contributed by atoms with Crippen LogP contribution in [0.1, 0.15) is 32.8 Å². The van der Waals surface area contributed by atoms with Crippen LogP contribution >= 0.6 is 0 Å². The van der Waals surface area contributed by atoms with Gasteiger partial charge < -0.3 is 14.8 Å². The monoisotopic (exact) mass is 385 g/mol. The van der Waals surface area contributed by atoms with Crippen molar-refractivity contribution in [2.24, 2.45) is 47.3 Å². The zero-order chi connectivity index (χ0) is 20.0. The van der Waals surface area contributed by atoms with Crippen molar-refractivity contribution in [3.63, 3.8) is 0 Å². The van der Waals surface area contributed by atoms with E-state index < -0.39 is 6.09 Å². The van der Waals surface area contributed by atoms with Crippen LogP contribution in [0.2, 0.25) is 0 Å². The summed E-state index contributed by atoms with van der Waals surface area (Å²) in [7, 11) is 1.41. The summed E-state index contributed by atoms with van der Waals surface area (Å²) in [5.74, 6) is 3.70. The molecule has 4 rings (SSSR count). The lowest BCUT2D eigenvalue weighted by Gasteiger charge is -2.34. The molecule has 8 atom stereocenters. The number of carbonyl (C=O) groups excluding carboxylic acids is 2. The van der Waals surface area contributed by atoms with Crippen molar-refractivity contribution in [1.29, 1.82) is 0 Å². The van der Waals surface area contributed by atoms with Gasteiger partial charge in [0, 0.05) is 6.04 Å². The largest absolute Gasteiger partial charge is 0.469 e. The predicted octanol–water partition coefficient (Wildman–Crippen LogP) is 3.87. The van der Waals surface area contributed by atoms with Crippen LogP contribution in [0.5, 0.6) is 0 Å². The molecule has 0 heterocycles. The molecule has 28 heavy (non-hydrogen) atoms. The molecule has 1 aromatic carbocycles. The van der Waals surface area contributed by atoms with Gasteiger partial charge in [-0.05, 0) is 60.3 Å². The lowest BCUT2D eigenvalue weighted by Crippen LogP contribution is -2.50. The second-order valence-electron chi connectivity index (χ2n) is 9.06. The number of nitrogens with one attached hydrogen (secondary N) is 1. The van der Waals surface area contributed by atoms with Gasteiger partial charge in [-0.1, -0.05) is 44.2 Å². The number of methoxy groups -OCH3 is 1. The van der Waals surface area contributed by atoms with Crippen molar-refractivity contribution in [3.05, 3.63) is 35.9 Å². The van der Waals surface area contributed by atoms with E-state index >= 15 is 0 Å². The molecule has 0 saturated heterocycles. The molecule has 0 aliphatic heterocycles. The number of hydrogen-bond donors (Lipinski definition) is 1. The van der Waals surface area contributed by atoms with E-state index in [0.29, 0.717) is 29.6 Å². The summed E-state index contributed by atoms with van der Waals surface area (Å²) < 4.78 is 10.5. The molecule has 152 valence electrons. The summed E-state index contributed by atoms with van der Waals surface area (Å²) in [5.41, 5.74) is 0.944. The lowest BCUT2D eigenvalue weighted by atomic mass is 9.77. The number of carbonyl (C=O) groups is 2. The Kier molecular flexibility index (Phi) is 5.11. The smallest absolute Gasteiger partial charge is 0.407 e. The minimum atomic E-state index is -0.454. The molecule has 5 nitrogen and oxygen atoms in total. The van der Waals surface area contributed by atoms with Crippen molar-refractivity contribution in [1.82, 2.24) is 5.32 Å². The fourth-order valence-electron chi connectivity index (χ4n) is 6.01. The van der Waals surface area contributed by atoms with E-state index in [1.165, 1.54) is 13.5 Å². The summed E-state index contributed by atoms with van der Waals surface area (Å²) in [6, 6.07) is 9.38. The summed E-state index contributed by atoms with van der Waals surface area (Å²) in [5, 5.41) is 3.07. The van der Waals surface area contributed by atoms with Gasteiger partial charge in [-0.2, -0.15) is 0 Å². The number of alkyl carbamates (subject to hydrolysis) is 1. The minimum Gasteiger partial charge on any atom is -0.469 e. The number of benzene rings is 1. The maximum absolute atomic E-state index is 12.6. The number of fused-ring (bicyclic) bond motifs is 2. The number of hydrogen-bond acceptors (Lipinski definition) is 4. The second kappa shape index (κ2) is 7.41. The Morgan fingerprint density at radius 2 is 1.71 bits per heavy atom. The highest BCUT2D eigenvalue weighted by atomic mass is 16.5. The van der Waals surface area contributed by atoms with Gasteiger partial charge in [0.2, 0.25) is 0 Å². The quantitative estimate of drug-likeness (QED) is 0.755. The zero-order valence-corrected chi connectivity index (χ0v) is 17.1. The molecule has 0 radical (unpaired) electrons. The van der Waals surface area contributed by atoms with Crippen LogP contribution in [-0.2, 0) is 20.9 Å². The minimum absolute atomic E-state index is 0.224. The van der Waals surface area contributed by atoms with E-state index in [0.717, 1.165) is 17.4 Å². The van der Waals surface area contributed by atoms with Gasteiger partial charge in [0.05, 0.1) is 13.0 Å². The highest BCUT2D eigenvalue weighted by Crippen LogP contribution is 2.71. The van der Waals surface area contributed by atoms with Crippen LogP contribution in [0.15, 0.2) is 30.3 Å². The number of amides is 1. The fraction of sp³-hybridized carbons (Fsp3) is 0.652. The van der Waals surface area contributed by atoms with Gasteiger partial charge >= 0.3 is 12.1 Å². The van der Waals surface area contributed by atoms with Gasteiger partial charge in [-0.15, -0.1) is 0 Å². The van der Waals surface area contributed by atoms with Crippen LogP contribution in [-0.4, -0.2) is 25.2 Å². The Balaban J connectivity index is 1.48. The van der Waals surface area contributed by atoms with Crippen LogP contribution in [0.25, 0.3) is 0 Å². The van der Waals surface area contributed by atoms with Crippen molar-refractivity contribution >= 4 is 12.1 Å². The summed E-state index contributed by atoms with van der Waals surface area (Å²) in [6.45, 7) is 6.71. The normalized spacial score (nSPS) is 36.9. The summed E-state index contributed by atoms with van der Waals surface area (Å²) >= 11 is 0. The first-order chi connectivity index (χ1) is 13.4. The predicted molar refractivity (Wildman–Crippen MR) is 105 cm³/mol. The van der Waals surface area contributed by atoms with E-state index in [2.05, 4.69) is 19.2 Å². The number of ether oxygens (including phenoxy) is 2. The maximum atomic E-state index is 12.6. The highest BCUT2D eigenvalue weighted by molar-refractivity contribution is 5.75.